The lowest BCUT2D eigenvalue weighted by Crippen LogP contribution is -2.43. The molecule has 0 bridgehead atoms. The van der Waals surface area contributed by atoms with Crippen molar-refractivity contribution in [1.82, 2.24) is 18.6 Å². The smallest absolute Gasteiger partial charge is 0.141 e. The van der Waals surface area contributed by atoms with Crippen molar-refractivity contribution in [3.63, 3.8) is 0 Å². The molecule has 2 fully saturated rings. The number of piperazine rings is 1. The summed E-state index contributed by atoms with van der Waals surface area (Å²) in [6.07, 6.45) is 7.82. The SMILES string of the molecule is COc1cc(OCCCN(C)C)c(-c2cn3ccc(N4CCN(SC5CC5)CC4)cc3n2)cc1Cl. The summed E-state index contributed by atoms with van der Waals surface area (Å²) in [6.45, 7) is 5.87. The van der Waals surface area contributed by atoms with Crippen LogP contribution in [0.1, 0.15) is 19.3 Å². The van der Waals surface area contributed by atoms with Gasteiger partial charge in [0.2, 0.25) is 0 Å². The van der Waals surface area contributed by atoms with Crippen LogP contribution in [-0.4, -0.2) is 84.4 Å². The van der Waals surface area contributed by atoms with E-state index in [9.17, 15) is 0 Å². The molecule has 0 N–H and O–H groups in total. The van der Waals surface area contributed by atoms with Gasteiger partial charge in [-0.25, -0.2) is 9.29 Å². The van der Waals surface area contributed by atoms with Crippen LogP contribution in [0, 0.1) is 0 Å². The van der Waals surface area contributed by atoms with E-state index in [0.29, 0.717) is 17.4 Å². The highest BCUT2D eigenvalue weighted by atomic mass is 35.5. The van der Waals surface area contributed by atoms with Crippen molar-refractivity contribution >= 4 is 34.9 Å². The maximum Gasteiger partial charge on any atom is 0.141 e. The standard InChI is InChI=1S/C26H34ClN5O2S/c1-29(2)8-4-14-34-24-17-25(33-3)22(27)16-21(24)23-18-31-9-7-19(15-26(31)28-23)30-10-12-32(13-11-30)35-20-5-6-20/h7,9,15-18,20H,4-6,8,10-14H2,1-3H3. The molecule has 1 aromatic carbocycles. The number of hydrogen-bond acceptors (Lipinski definition) is 7. The molecule has 35 heavy (non-hydrogen) atoms. The molecule has 0 spiro atoms. The van der Waals surface area contributed by atoms with Gasteiger partial charge < -0.3 is 23.7 Å². The van der Waals surface area contributed by atoms with Gasteiger partial charge in [-0.05, 0) is 45.5 Å². The van der Waals surface area contributed by atoms with E-state index in [1.165, 1.54) is 18.5 Å². The number of imidazole rings is 1. The zero-order valence-electron chi connectivity index (χ0n) is 20.7. The highest BCUT2D eigenvalue weighted by Gasteiger charge is 2.27. The monoisotopic (exact) mass is 515 g/mol. The molecular formula is C26H34ClN5O2S. The fourth-order valence-electron chi connectivity index (χ4n) is 4.31. The van der Waals surface area contributed by atoms with Crippen LogP contribution >= 0.6 is 23.5 Å². The molecular weight excluding hydrogens is 482 g/mol. The van der Waals surface area contributed by atoms with E-state index < -0.39 is 0 Å². The lowest BCUT2D eigenvalue weighted by Gasteiger charge is -2.35. The van der Waals surface area contributed by atoms with Crippen LogP contribution in [0.15, 0.2) is 36.7 Å². The number of rotatable bonds is 10. The summed E-state index contributed by atoms with van der Waals surface area (Å²) in [4.78, 5) is 9.56. The number of methoxy groups -OCH3 is 1. The molecule has 7 nitrogen and oxygen atoms in total. The number of benzene rings is 1. The highest BCUT2D eigenvalue weighted by molar-refractivity contribution is 7.97. The number of nitrogens with zero attached hydrogens (tertiary/aromatic N) is 5. The van der Waals surface area contributed by atoms with Gasteiger partial charge in [0, 0.05) is 73.8 Å². The number of halogens is 1. The number of pyridine rings is 1. The Kier molecular flexibility index (Phi) is 7.62. The van der Waals surface area contributed by atoms with Crippen LogP contribution in [0.4, 0.5) is 5.69 Å². The first kappa shape index (κ1) is 24.6. The van der Waals surface area contributed by atoms with E-state index >= 15 is 0 Å². The van der Waals surface area contributed by atoms with Crippen molar-refractivity contribution in [3.8, 4) is 22.8 Å². The minimum atomic E-state index is 0.544. The number of fused-ring (bicyclic) bond motifs is 1. The Hall–Kier alpha value is -2.13. The van der Waals surface area contributed by atoms with Gasteiger partial charge in [0.1, 0.15) is 17.1 Å². The molecule has 2 aliphatic rings. The molecule has 3 heterocycles. The zero-order valence-corrected chi connectivity index (χ0v) is 22.3. The second-order valence-corrected chi connectivity index (χ2v) is 11.3. The molecule has 5 rings (SSSR count). The molecule has 1 aliphatic carbocycles. The predicted molar refractivity (Wildman–Crippen MR) is 145 cm³/mol. The average Bonchev–Trinajstić information content (AvgIpc) is 3.57. The second-order valence-electron chi connectivity index (χ2n) is 9.49. The fourth-order valence-corrected chi connectivity index (χ4v) is 5.69. The fraction of sp³-hybridized carbons (Fsp3) is 0.500. The summed E-state index contributed by atoms with van der Waals surface area (Å²) in [5, 5.41) is 1.41. The van der Waals surface area contributed by atoms with Gasteiger partial charge in [0.05, 0.1) is 24.4 Å². The molecule has 2 aromatic heterocycles. The third kappa shape index (κ3) is 6.00. The van der Waals surface area contributed by atoms with Gasteiger partial charge in [-0.3, -0.25) is 0 Å². The van der Waals surface area contributed by atoms with Crippen LogP contribution in [0.25, 0.3) is 16.9 Å². The van der Waals surface area contributed by atoms with E-state index in [1.54, 1.807) is 7.11 Å². The molecule has 9 heteroatoms. The topological polar surface area (TPSA) is 45.5 Å². The highest BCUT2D eigenvalue weighted by Crippen LogP contribution is 2.39. The second kappa shape index (κ2) is 10.9. The van der Waals surface area contributed by atoms with Gasteiger partial charge in [-0.1, -0.05) is 23.5 Å². The van der Waals surface area contributed by atoms with E-state index in [2.05, 4.69) is 62.9 Å². The Balaban J connectivity index is 1.35. The average molecular weight is 516 g/mol. The van der Waals surface area contributed by atoms with Crippen molar-refractivity contribution in [3.05, 3.63) is 41.7 Å². The number of ether oxygens (including phenoxy) is 2. The largest absolute Gasteiger partial charge is 0.495 e. The Morgan fingerprint density at radius 1 is 1.11 bits per heavy atom. The Labute approximate surface area is 217 Å². The predicted octanol–water partition coefficient (Wildman–Crippen LogP) is 4.93. The quantitative estimate of drug-likeness (QED) is 0.280. The van der Waals surface area contributed by atoms with E-state index in [4.69, 9.17) is 26.1 Å². The number of anilines is 1. The number of aromatic nitrogens is 2. The van der Waals surface area contributed by atoms with Gasteiger partial charge in [-0.2, -0.15) is 0 Å². The van der Waals surface area contributed by atoms with Crippen molar-refractivity contribution < 1.29 is 9.47 Å². The summed E-state index contributed by atoms with van der Waals surface area (Å²) >= 11 is 8.55. The normalized spacial score (nSPS) is 16.9. The molecule has 0 amide bonds. The first-order valence-electron chi connectivity index (χ1n) is 12.3. The molecule has 0 radical (unpaired) electrons. The zero-order chi connectivity index (χ0) is 24.4. The maximum atomic E-state index is 6.49. The summed E-state index contributed by atoms with van der Waals surface area (Å²) in [7, 11) is 5.75. The van der Waals surface area contributed by atoms with Crippen LogP contribution in [0.2, 0.25) is 5.02 Å². The summed E-state index contributed by atoms with van der Waals surface area (Å²) in [5.74, 6) is 1.33. The van der Waals surface area contributed by atoms with Crippen LogP contribution in [0.3, 0.4) is 0 Å². The van der Waals surface area contributed by atoms with E-state index in [1.807, 2.05) is 18.3 Å². The Bertz CT molecular complexity index is 1160. The van der Waals surface area contributed by atoms with Crippen LogP contribution in [0.5, 0.6) is 11.5 Å². The lowest BCUT2D eigenvalue weighted by atomic mass is 10.1. The van der Waals surface area contributed by atoms with Crippen LogP contribution in [-0.2, 0) is 0 Å². The number of hydrogen-bond donors (Lipinski definition) is 0. The first-order chi connectivity index (χ1) is 17.0. The minimum Gasteiger partial charge on any atom is -0.495 e. The minimum absolute atomic E-state index is 0.544. The molecule has 3 aromatic rings. The first-order valence-corrected chi connectivity index (χ1v) is 13.5. The van der Waals surface area contributed by atoms with Crippen molar-refractivity contribution in [2.24, 2.45) is 0 Å². The van der Waals surface area contributed by atoms with Crippen LogP contribution < -0.4 is 14.4 Å². The molecule has 1 aliphatic heterocycles. The lowest BCUT2D eigenvalue weighted by molar-refractivity contribution is 0.281. The summed E-state index contributed by atoms with van der Waals surface area (Å²) in [6, 6.07) is 8.11. The van der Waals surface area contributed by atoms with Crippen molar-refractivity contribution in [2.75, 3.05) is 65.4 Å². The molecule has 0 atom stereocenters. The van der Waals surface area contributed by atoms with Gasteiger partial charge in [0.25, 0.3) is 0 Å². The molecule has 188 valence electrons. The van der Waals surface area contributed by atoms with Crippen molar-refractivity contribution in [2.45, 2.75) is 24.5 Å². The van der Waals surface area contributed by atoms with Gasteiger partial charge >= 0.3 is 0 Å². The molecule has 1 saturated heterocycles. The third-order valence-corrected chi connectivity index (χ3v) is 8.14. The van der Waals surface area contributed by atoms with E-state index in [0.717, 1.165) is 67.0 Å². The van der Waals surface area contributed by atoms with E-state index in [-0.39, 0.29) is 0 Å². The summed E-state index contributed by atoms with van der Waals surface area (Å²) in [5.41, 5.74) is 3.84. The maximum absolute atomic E-state index is 6.49. The van der Waals surface area contributed by atoms with Gasteiger partial charge in [-0.15, -0.1) is 0 Å². The molecule has 1 saturated carbocycles. The third-order valence-electron chi connectivity index (χ3n) is 6.41. The van der Waals surface area contributed by atoms with Crippen molar-refractivity contribution in [1.29, 1.82) is 0 Å². The Morgan fingerprint density at radius 3 is 2.63 bits per heavy atom. The molecule has 0 unspecified atom stereocenters. The van der Waals surface area contributed by atoms with Gasteiger partial charge in [0.15, 0.2) is 0 Å². The summed E-state index contributed by atoms with van der Waals surface area (Å²) < 4.78 is 16.2. The Morgan fingerprint density at radius 2 is 1.91 bits per heavy atom.